The Bertz CT molecular complexity index is 648. The van der Waals surface area contributed by atoms with Crippen molar-refractivity contribution < 1.29 is 0 Å². The second kappa shape index (κ2) is 7.68. The molecule has 0 saturated heterocycles. The molecular formula is C18H20N2S2. The average molecular weight is 329 g/mol. The topological polar surface area (TPSA) is 24.9 Å². The summed E-state index contributed by atoms with van der Waals surface area (Å²) in [6.07, 6.45) is 2.89. The predicted octanol–water partition coefficient (Wildman–Crippen LogP) is 4.88. The van der Waals surface area contributed by atoms with E-state index in [1.165, 1.54) is 16.1 Å². The first-order chi connectivity index (χ1) is 10.8. The third-order valence-electron chi connectivity index (χ3n) is 3.81. The van der Waals surface area contributed by atoms with E-state index in [9.17, 15) is 0 Å². The first-order valence-corrected chi connectivity index (χ1v) is 9.34. The lowest BCUT2D eigenvalue weighted by atomic mass is 10.0. The highest BCUT2D eigenvalue weighted by molar-refractivity contribution is 7.09. The van der Waals surface area contributed by atoms with Crippen LogP contribution in [-0.2, 0) is 6.42 Å². The molecule has 2 nitrogen and oxygen atoms in total. The van der Waals surface area contributed by atoms with Crippen molar-refractivity contribution >= 4 is 22.7 Å². The monoisotopic (exact) mass is 328 g/mol. The molecule has 2 atom stereocenters. The number of nitrogens with one attached hydrogen (secondary N) is 1. The molecule has 3 rings (SSSR count). The van der Waals surface area contributed by atoms with E-state index in [0.29, 0.717) is 12.0 Å². The summed E-state index contributed by atoms with van der Waals surface area (Å²) >= 11 is 3.49. The lowest BCUT2D eigenvalue weighted by molar-refractivity contribution is 0.502. The number of benzene rings is 1. The Balaban J connectivity index is 1.65. The standard InChI is InChI=1S/C18H20N2S2/c1-14(16-5-3-2-4-6-16)12-20-17(18-19-8-10-22-18)11-15-7-9-21-13-15/h2-10,13-14,17,20H,11-12H2,1H3/t14-,17-/m0/s1. The van der Waals surface area contributed by atoms with Crippen molar-refractivity contribution in [3.8, 4) is 0 Å². The van der Waals surface area contributed by atoms with Gasteiger partial charge < -0.3 is 5.32 Å². The van der Waals surface area contributed by atoms with E-state index in [2.05, 4.69) is 69.8 Å². The average Bonchev–Trinajstić information content (AvgIpc) is 3.25. The Kier molecular flexibility index (Phi) is 5.38. The molecule has 1 aromatic carbocycles. The molecule has 3 aromatic rings. The molecule has 114 valence electrons. The quantitative estimate of drug-likeness (QED) is 0.668. The fourth-order valence-electron chi connectivity index (χ4n) is 2.52. The molecule has 0 saturated carbocycles. The smallest absolute Gasteiger partial charge is 0.110 e. The van der Waals surface area contributed by atoms with E-state index in [1.54, 1.807) is 22.7 Å². The summed E-state index contributed by atoms with van der Waals surface area (Å²) in [6, 6.07) is 13.2. The van der Waals surface area contributed by atoms with Gasteiger partial charge in [0.05, 0.1) is 6.04 Å². The van der Waals surface area contributed by atoms with Crippen molar-refractivity contribution in [2.75, 3.05) is 6.54 Å². The van der Waals surface area contributed by atoms with E-state index in [0.717, 1.165) is 13.0 Å². The second-order valence-corrected chi connectivity index (χ2v) is 7.18. The molecule has 22 heavy (non-hydrogen) atoms. The highest BCUT2D eigenvalue weighted by Crippen LogP contribution is 2.23. The number of rotatable bonds is 7. The van der Waals surface area contributed by atoms with Gasteiger partial charge in [-0.15, -0.1) is 11.3 Å². The Morgan fingerprint density at radius 1 is 1.14 bits per heavy atom. The summed E-state index contributed by atoms with van der Waals surface area (Å²) in [5.74, 6) is 0.492. The van der Waals surface area contributed by atoms with Gasteiger partial charge in [0.1, 0.15) is 5.01 Å². The van der Waals surface area contributed by atoms with Crippen LogP contribution in [0.2, 0.25) is 0 Å². The lowest BCUT2D eigenvalue weighted by Crippen LogP contribution is -2.27. The molecule has 0 radical (unpaired) electrons. The van der Waals surface area contributed by atoms with Crippen LogP contribution in [0.25, 0.3) is 0 Å². The van der Waals surface area contributed by atoms with Crippen LogP contribution in [0.1, 0.15) is 35.0 Å². The van der Waals surface area contributed by atoms with Gasteiger partial charge in [0, 0.05) is 18.1 Å². The number of hydrogen-bond acceptors (Lipinski definition) is 4. The van der Waals surface area contributed by atoms with Gasteiger partial charge in [-0.3, -0.25) is 0 Å². The van der Waals surface area contributed by atoms with E-state index in [4.69, 9.17) is 0 Å². The first kappa shape index (κ1) is 15.4. The maximum atomic E-state index is 4.51. The van der Waals surface area contributed by atoms with Gasteiger partial charge in [-0.25, -0.2) is 4.98 Å². The zero-order valence-electron chi connectivity index (χ0n) is 12.6. The van der Waals surface area contributed by atoms with Crippen LogP contribution in [0, 0.1) is 0 Å². The van der Waals surface area contributed by atoms with Gasteiger partial charge in [0.2, 0.25) is 0 Å². The minimum Gasteiger partial charge on any atom is -0.307 e. The molecular weight excluding hydrogens is 308 g/mol. The SMILES string of the molecule is C[C@@H](CN[C@@H](Cc1ccsc1)c1nccs1)c1ccccc1. The largest absolute Gasteiger partial charge is 0.307 e. The molecule has 0 spiro atoms. The molecule has 2 heterocycles. The van der Waals surface area contributed by atoms with Crippen molar-refractivity contribution in [1.82, 2.24) is 10.3 Å². The minimum atomic E-state index is 0.292. The fourth-order valence-corrected chi connectivity index (χ4v) is 3.91. The lowest BCUT2D eigenvalue weighted by Gasteiger charge is -2.19. The molecule has 0 aliphatic rings. The summed E-state index contributed by atoms with van der Waals surface area (Å²) in [5, 5.41) is 11.3. The van der Waals surface area contributed by atoms with Crippen LogP contribution in [0.4, 0.5) is 0 Å². The summed E-state index contributed by atoms with van der Waals surface area (Å²) in [5.41, 5.74) is 2.76. The Labute approximate surface area is 139 Å². The molecule has 0 unspecified atom stereocenters. The minimum absolute atomic E-state index is 0.292. The summed E-state index contributed by atoms with van der Waals surface area (Å²) in [4.78, 5) is 4.51. The summed E-state index contributed by atoms with van der Waals surface area (Å²) in [6.45, 7) is 3.23. The zero-order chi connectivity index (χ0) is 15.2. The molecule has 1 N–H and O–H groups in total. The van der Waals surface area contributed by atoms with Crippen molar-refractivity contribution in [2.45, 2.75) is 25.3 Å². The number of hydrogen-bond donors (Lipinski definition) is 1. The Morgan fingerprint density at radius 2 is 2.00 bits per heavy atom. The number of aromatic nitrogens is 1. The second-order valence-electron chi connectivity index (χ2n) is 5.48. The van der Waals surface area contributed by atoms with E-state index < -0.39 is 0 Å². The van der Waals surface area contributed by atoms with Crippen molar-refractivity contribution in [2.24, 2.45) is 0 Å². The Hall–Kier alpha value is -1.49. The van der Waals surface area contributed by atoms with E-state index in [1.807, 2.05) is 6.20 Å². The highest BCUT2D eigenvalue weighted by atomic mass is 32.1. The van der Waals surface area contributed by atoms with Gasteiger partial charge in [-0.2, -0.15) is 11.3 Å². The molecule has 2 aromatic heterocycles. The predicted molar refractivity (Wildman–Crippen MR) is 95.7 cm³/mol. The molecule has 0 aliphatic heterocycles. The Morgan fingerprint density at radius 3 is 2.68 bits per heavy atom. The van der Waals surface area contributed by atoms with Crippen LogP contribution >= 0.6 is 22.7 Å². The van der Waals surface area contributed by atoms with Crippen molar-refractivity contribution in [1.29, 1.82) is 0 Å². The van der Waals surface area contributed by atoms with Crippen LogP contribution < -0.4 is 5.32 Å². The molecule has 0 aliphatic carbocycles. The van der Waals surface area contributed by atoms with E-state index >= 15 is 0 Å². The molecule has 0 fully saturated rings. The highest BCUT2D eigenvalue weighted by Gasteiger charge is 2.16. The van der Waals surface area contributed by atoms with Gasteiger partial charge in [-0.05, 0) is 40.3 Å². The fraction of sp³-hybridized carbons (Fsp3) is 0.278. The maximum absolute atomic E-state index is 4.51. The maximum Gasteiger partial charge on any atom is 0.110 e. The van der Waals surface area contributed by atoms with Gasteiger partial charge in [0.15, 0.2) is 0 Å². The number of nitrogens with zero attached hydrogens (tertiary/aromatic N) is 1. The van der Waals surface area contributed by atoms with Gasteiger partial charge >= 0.3 is 0 Å². The van der Waals surface area contributed by atoms with Gasteiger partial charge in [-0.1, -0.05) is 37.3 Å². The molecule has 0 bridgehead atoms. The third kappa shape index (κ3) is 4.03. The molecule has 4 heteroatoms. The van der Waals surface area contributed by atoms with E-state index in [-0.39, 0.29) is 0 Å². The number of thiophene rings is 1. The summed E-state index contributed by atoms with van der Waals surface area (Å²) < 4.78 is 0. The molecule has 0 amide bonds. The normalized spacial score (nSPS) is 13.9. The van der Waals surface area contributed by atoms with Crippen LogP contribution in [0.3, 0.4) is 0 Å². The number of thiazole rings is 1. The van der Waals surface area contributed by atoms with Gasteiger partial charge in [0.25, 0.3) is 0 Å². The summed E-state index contributed by atoms with van der Waals surface area (Å²) in [7, 11) is 0. The third-order valence-corrected chi connectivity index (χ3v) is 5.43. The van der Waals surface area contributed by atoms with Crippen molar-refractivity contribution in [3.05, 3.63) is 74.9 Å². The van der Waals surface area contributed by atoms with Crippen LogP contribution in [-0.4, -0.2) is 11.5 Å². The van der Waals surface area contributed by atoms with Crippen LogP contribution in [0.15, 0.2) is 58.7 Å². The van der Waals surface area contributed by atoms with Crippen LogP contribution in [0.5, 0.6) is 0 Å². The zero-order valence-corrected chi connectivity index (χ0v) is 14.2. The van der Waals surface area contributed by atoms with Crippen molar-refractivity contribution in [3.63, 3.8) is 0 Å². The first-order valence-electron chi connectivity index (χ1n) is 7.51.